The summed E-state index contributed by atoms with van der Waals surface area (Å²) in [7, 11) is 0. The monoisotopic (exact) mass is 220 g/mol. The zero-order chi connectivity index (χ0) is 11.7. The van der Waals surface area contributed by atoms with Crippen LogP contribution in [0.5, 0.6) is 0 Å². The van der Waals surface area contributed by atoms with Gasteiger partial charge in [0.05, 0.1) is 11.8 Å². The van der Waals surface area contributed by atoms with Gasteiger partial charge in [-0.3, -0.25) is 9.59 Å². The van der Waals surface area contributed by atoms with Crippen molar-refractivity contribution in [3.8, 4) is 12.3 Å². The minimum Gasteiger partial charge on any atom is -0.481 e. The van der Waals surface area contributed by atoms with Crippen LogP contribution in [0.3, 0.4) is 0 Å². The first-order valence-electron chi connectivity index (χ1n) is 5.16. The lowest BCUT2D eigenvalue weighted by atomic mass is 9.83. The molecule has 0 aromatic heterocycles. The second-order valence-electron chi connectivity index (χ2n) is 4.15. The van der Waals surface area contributed by atoms with Crippen molar-refractivity contribution in [3.63, 3.8) is 0 Å². The van der Waals surface area contributed by atoms with Crippen LogP contribution in [0.15, 0.2) is 12.2 Å². The van der Waals surface area contributed by atoms with Crippen LogP contribution < -0.4 is 0 Å². The Labute approximate surface area is 93.3 Å². The van der Waals surface area contributed by atoms with Crippen molar-refractivity contribution >= 4 is 11.9 Å². The molecule has 0 spiro atoms. The lowest BCUT2D eigenvalue weighted by Gasteiger charge is -2.22. The smallest absolute Gasteiger partial charge is 0.311 e. The van der Waals surface area contributed by atoms with Crippen LogP contribution in [0.2, 0.25) is 0 Å². The van der Waals surface area contributed by atoms with E-state index in [4.69, 9.17) is 16.3 Å². The van der Waals surface area contributed by atoms with E-state index in [0.717, 1.165) is 6.42 Å². The summed E-state index contributed by atoms with van der Waals surface area (Å²) in [4.78, 5) is 22.8. The van der Waals surface area contributed by atoms with Crippen molar-refractivity contribution in [3.05, 3.63) is 12.2 Å². The molecule has 84 valence electrons. The molecular weight excluding hydrogens is 208 g/mol. The van der Waals surface area contributed by atoms with E-state index >= 15 is 0 Å². The second-order valence-corrected chi connectivity index (χ2v) is 4.15. The molecule has 4 nitrogen and oxygen atoms in total. The number of carbonyl (C=O) groups is 2. The SMILES string of the molecule is C#CCOC(=O)[C@@H]1[C@H](C(=O)O)[C@H]2C=C[C@H]1C2. The molecule has 0 aromatic rings. The molecular formula is C12H12O4. The minimum absolute atomic E-state index is 0.00336. The Hall–Kier alpha value is -1.76. The number of terminal acetylenes is 1. The van der Waals surface area contributed by atoms with Gasteiger partial charge in [-0.25, -0.2) is 0 Å². The van der Waals surface area contributed by atoms with E-state index in [9.17, 15) is 9.59 Å². The lowest BCUT2D eigenvalue weighted by Crippen LogP contribution is -2.34. The number of hydrogen-bond acceptors (Lipinski definition) is 3. The molecule has 0 aliphatic heterocycles. The molecule has 0 heterocycles. The Morgan fingerprint density at radius 2 is 2.00 bits per heavy atom. The summed E-state index contributed by atoms with van der Waals surface area (Å²) in [6.07, 6.45) is 9.51. The topological polar surface area (TPSA) is 63.6 Å². The highest BCUT2D eigenvalue weighted by Gasteiger charge is 2.52. The Balaban J connectivity index is 2.14. The van der Waals surface area contributed by atoms with Crippen molar-refractivity contribution in [2.24, 2.45) is 23.7 Å². The minimum atomic E-state index is -0.931. The number of ether oxygens (including phenoxy) is 1. The molecule has 16 heavy (non-hydrogen) atoms. The average Bonchev–Trinajstić information content (AvgIpc) is 2.84. The van der Waals surface area contributed by atoms with Crippen molar-refractivity contribution in [2.75, 3.05) is 6.61 Å². The van der Waals surface area contributed by atoms with Crippen molar-refractivity contribution in [1.82, 2.24) is 0 Å². The highest BCUT2D eigenvalue weighted by molar-refractivity contribution is 5.83. The van der Waals surface area contributed by atoms with E-state index in [2.05, 4.69) is 5.92 Å². The summed E-state index contributed by atoms with van der Waals surface area (Å²) < 4.78 is 4.84. The van der Waals surface area contributed by atoms with E-state index in [1.165, 1.54) is 0 Å². The third-order valence-electron chi connectivity index (χ3n) is 3.31. The largest absolute Gasteiger partial charge is 0.481 e. The van der Waals surface area contributed by atoms with Gasteiger partial charge in [0, 0.05) is 0 Å². The molecule has 0 saturated heterocycles. The predicted octanol–water partition coefficient (Wildman–Crippen LogP) is 0.686. The molecule has 0 radical (unpaired) electrons. The molecule has 2 aliphatic carbocycles. The number of hydrogen-bond donors (Lipinski definition) is 1. The Morgan fingerprint density at radius 3 is 2.56 bits per heavy atom. The zero-order valence-corrected chi connectivity index (χ0v) is 8.63. The second kappa shape index (κ2) is 4.01. The van der Waals surface area contributed by atoms with Crippen LogP contribution in [0.4, 0.5) is 0 Å². The van der Waals surface area contributed by atoms with Gasteiger partial charge in [0.25, 0.3) is 0 Å². The third kappa shape index (κ3) is 1.58. The summed E-state index contributed by atoms with van der Waals surface area (Å²) in [6.45, 7) is -0.0945. The highest BCUT2D eigenvalue weighted by atomic mass is 16.5. The van der Waals surface area contributed by atoms with E-state index in [1.54, 1.807) is 0 Å². The van der Waals surface area contributed by atoms with Crippen LogP contribution >= 0.6 is 0 Å². The molecule has 1 N–H and O–H groups in total. The van der Waals surface area contributed by atoms with Crippen molar-refractivity contribution in [2.45, 2.75) is 6.42 Å². The molecule has 1 saturated carbocycles. The molecule has 1 fully saturated rings. The zero-order valence-electron chi connectivity index (χ0n) is 8.63. The van der Waals surface area contributed by atoms with Gasteiger partial charge in [0.15, 0.2) is 6.61 Å². The summed E-state index contributed by atoms with van der Waals surface area (Å²) in [5.74, 6) is -0.474. The van der Waals surface area contributed by atoms with Crippen molar-refractivity contribution in [1.29, 1.82) is 0 Å². The number of allylic oxidation sites excluding steroid dienone is 2. The number of fused-ring (bicyclic) bond motifs is 2. The summed E-state index contributed by atoms with van der Waals surface area (Å²) in [5, 5.41) is 9.10. The maximum absolute atomic E-state index is 11.7. The van der Waals surface area contributed by atoms with Crippen LogP contribution in [-0.4, -0.2) is 23.7 Å². The maximum Gasteiger partial charge on any atom is 0.311 e. The van der Waals surface area contributed by atoms with Gasteiger partial charge < -0.3 is 9.84 Å². The van der Waals surface area contributed by atoms with Gasteiger partial charge in [-0.2, -0.15) is 0 Å². The molecule has 4 atom stereocenters. The van der Waals surface area contributed by atoms with Gasteiger partial charge in [-0.05, 0) is 18.3 Å². The fourth-order valence-electron chi connectivity index (χ4n) is 2.69. The molecule has 0 unspecified atom stereocenters. The van der Waals surface area contributed by atoms with E-state index in [-0.39, 0.29) is 18.4 Å². The van der Waals surface area contributed by atoms with Gasteiger partial charge in [0.2, 0.25) is 0 Å². The first-order valence-corrected chi connectivity index (χ1v) is 5.16. The fraction of sp³-hybridized carbons (Fsp3) is 0.500. The van der Waals surface area contributed by atoms with Crippen LogP contribution in [0.1, 0.15) is 6.42 Å². The number of carboxylic acids is 1. The molecule has 2 aliphatic rings. The van der Waals surface area contributed by atoms with Gasteiger partial charge >= 0.3 is 11.9 Å². The summed E-state index contributed by atoms with van der Waals surface area (Å²) in [5.41, 5.74) is 0. The standard InChI is InChI=1S/C12H12O4/c1-2-5-16-12(15)10-8-4-3-7(6-8)9(10)11(13)14/h1,3-4,7-10H,5-6H2,(H,13,14)/t7-,8-,9+,10-/m0/s1. The molecule has 2 bridgehead atoms. The van der Waals surface area contributed by atoms with Crippen LogP contribution in [0, 0.1) is 36.0 Å². The van der Waals surface area contributed by atoms with Gasteiger partial charge in [-0.15, -0.1) is 6.42 Å². The normalized spacial score (nSPS) is 34.7. The predicted molar refractivity (Wildman–Crippen MR) is 55.1 cm³/mol. The molecule has 0 aromatic carbocycles. The number of aliphatic carboxylic acids is 1. The van der Waals surface area contributed by atoms with E-state index < -0.39 is 23.8 Å². The molecule has 0 amide bonds. The number of esters is 1. The van der Waals surface area contributed by atoms with Crippen molar-refractivity contribution < 1.29 is 19.4 Å². The summed E-state index contributed by atoms with van der Waals surface area (Å²) >= 11 is 0. The Morgan fingerprint density at radius 1 is 1.38 bits per heavy atom. The molecule has 2 rings (SSSR count). The van der Waals surface area contributed by atoms with Crippen LogP contribution in [0.25, 0.3) is 0 Å². The first-order chi connectivity index (χ1) is 7.65. The van der Waals surface area contributed by atoms with Crippen LogP contribution in [-0.2, 0) is 14.3 Å². The van der Waals surface area contributed by atoms with E-state index in [0.29, 0.717) is 0 Å². The van der Waals surface area contributed by atoms with Gasteiger partial charge in [0.1, 0.15) is 0 Å². The number of carboxylic acid groups (broad SMARTS) is 1. The number of rotatable bonds is 3. The first kappa shape index (κ1) is 10.7. The third-order valence-corrected chi connectivity index (χ3v) is 3.31. The Bertz CT molecular complexity index is 390. The lowest BCUT2D eigenvalue weighted by molar-refractivity contribution is -0.157. The summed E-state index contributed by atoms with van der Waals surface area (Å²) in [6, 6.07) is 0. The fourth-order valence-corrected chi connectivity index (χ4v) is 2.69. The quantitative estimate of drug-likeness (QED) is 0.431. The number of carbonyl (C=O) groups excluding carboxylic acids is 1. The van der Waals surface area contributed by atoms with Gasteiger partial charge in [-0.1, -0.05) is 18.1 Å². The maximum atomic E-state index is 11.7. The molecule has 4 heteroatoms. The Kier molecular flexibility index (Phi) is 2.69. The average molecular weight is 220 g/mol. The highest BCUT2D eigenvalue weighted by Crippen LogP contribution is 2.48. The van der Waals surface area contributed by atoms with E-state index in [1.807, 2.05) is 12.2 Å².